The molecule has 21 heavy (non-hydrogen) atoms. The van der Waals surface area contributed by atoms with E-state index < -0.39 is 16.0 Å². The van der Waals surface area contributed by atoms with Gasteiger partial charge in [0.15, 0.2) is 0 Å². The summed E-state index contributed by atoms with van der Waals surface area (Å²) in [4.78, 5) is 11.2. The Hall–Kier alpha value is -1.86. The van der Waals surface area contributed by atoms with Gasteiger partial charge in [-0.05, 0) is 37.1 Å². The minimum absolute atomic E-state index is 0.112. The molecule has 2 N–H and O–H groups in total. The zero-order valence-corrected chi connectivity index (χ0v) is 13.2. The number of nitrogens with one attached hydrogen (secondary N) is 1. The van der Waals surface area contributed by atoms with Crippen LogP contribution >= 0.6 is 11.3 Å². The molecule has 0 aliphatic heterocycles. The standard InChI is InChI=1S/C14H15NO4S2/c1-9-4-3-5-10(2)14(9)15-21(18,19)13-7-6-11(20-13)8-12(16)17/h3-7,15H,8H2,1-2H3,(H,16,17). The average molecular weight is 325 g/mol. The topological polar surface area (TPSA) is 83.5 Å². The van der Waals surface area contributed by atoms with E-state index in [1.807, 2.05) is 32.0 Å². The SMILES string of the molecule is Cc1cccc(C)c1NS(=O)(=O)c1ccc(CC(=O)O)s1. The van der Waals surface area contributed by atoms with E-state index in [1.54, 1.807) is 0 Å². The normalized spacial score (nSPS) is 11.3. The monoisotopic (exact) mass is 325 g/mol. The number of benzene rings is 1. The van der Waals surface area contributed by atoms with Crippen molar-refractivity contribution in [1.82, 2.24) is 0 Å². The second-order valence-electron chi connectivity index (χ2n) is 4.66. The Morgan fingerprint density at radius 1 is 1.19 bits per heavy atom. The predicted octanol–water partition coefficient (Wildman–Crippen LogP) is 2.79. The van der Waals surface area contributed by atoms with Gasteiger partial charge in [0.25, 0.3) is 10.0 Å². The van der Waals surface area contributed by atoms with Crippen molar-refractivity contribution in [2.75, 3.05) is 4.72 Å². The summed E-state index contributed by atoms with van der Waals surface area (Å²) in [7, 11) is -3.70. The minimum atomic E-state index is -3.70. The lowest BCUT2D eigenvalue weighted by Gasteiger charge is -2.11. The Balaban J connectivity index is 2.30. The molecule has 0 unspecified atom stereocenters. The fraction of sp³-hybridized carbons (Fsp3) is 0.214. The number of rotatable bonds is 5. The number of hydrogen-bond acceptors (Lipinski definition) is 4. The number of carbonyl (C=O) groups is 1. The van der Waals surface area contributed by atoms with Gasteiger partial charge in [-0.2, -0.15) is 0 Å². The minimum Gasteiger partial charge on any atom is -0.481 e. The highest BCUT2D eigenvalue weighted by molar-refractivity contribution is 7.94. The van der Waals surface area contributed by atoms with E-state index in [4.69, 9.17) is 5.11 Å². The molecular weight excluding hydrogens is 310 g/mol. The highest BCUT2D eigenvalue weighted by Crippen LogP contribution is 2.27. The van der Waals surface area contributed by atoms with Gasteiger partial charge in [-0.25, -0.2) is 8.42 Å². The van der Waals surface area contributed by atoms with Crippen LogP contribution in [0.3, 0.4) is 0 Å². The van der Waals surface area contributed by atoms with E-state index >= 15 is 0 Å². The summed E-state index contributed by atoms with van der Waals surface area (Å²) in [5.74, 6) is -0.983. The maximum atomic E-state index is 12.4. The van der Waals surface area contributed by atoms with Crippen molar-refractivity contribution in [3.63, 3.8) is 0 Å². The molecule has 0 aliphatic rings. The van der Waals surface area contributed by atoms with Crippen LogP contribution in [-0.2, 0) is 21.2 Å². The predicted molar refractivity (Wildman–Crippen MR) is 82.4 cm³/mol. The maximum absolute atomic E-state index is 12.4. The first kappa shape index (κ1) is 15.5. The zero-order valence-electron chi connectivity index (χ0n) is 11.6. The summed E-state index contributed by atoms with van der Waals surface area (Å²) < 4.78 is 27.4. The summed E-state index contributed by atoms with van der Waals surface area (Å²) in [5.41, 5.74) is 2.23. The Kier molecular flexibility index (Phi) is 4.34. The van der Waals surface area contributed by atoms with Crippen LogP contribution in [0.2, 0.25) is 0 Å². The van der Waals surface area contributed by atoms with Crippen LogP contribution in [0.15, 0.2) is 34.5 Å². The van der Waals surface area contributed by atoms with E-state index in [2.05, 4.69) is 4.72 Å². The van der Waals surface area contributed by atoms with Gasteiger partial charge >= 0.3 is 5.97 Å². The number of carboxylic acid groups (broad SMARTS) is 1. The quantitative estimate of drug-likeness (QED) is 0.885. The van der Waals surface area contributed by atoms with E-state index in [0.29, 0.717) is 10.6 Å². The summed E-state index contributed by atoms with van der Waals surface area (Å²) in [6.45, 7) is 3.66. The van der Waals surface area contributed by atoms with Gasteiger partial charge in [0, 0.05) is 4.88 Å². The van der Waals surface area contributed by atoms with Crippen LogP contribution in [-0.4, -0.2) is 19.5 Å². The van der Waals surface area contributed by atoms with Crippen molar-refractivity contribution in [3.8, 4) is 0 Å². The number of anilines is 1. The van der Waals surface area contributed by atoms with Crippen molar-refractivity contribution in [2.24, 2.45) is 0 Å². The number of sulfonamides is 1. The van der Waals surface area contributed by atoms with Crippen molar-refractivity contribution < 1.29 is 18.3 Å². The number of thiophene rings is 1. The van der Waals surface area contributed by atoms with E-state index in [0.717, 1.165) is 22.5 Å². The average Bonchev–Trinajstić information content (AvgIpc) is 2.82. The van der Waals surface area contributed by atoms with E-state index in [9.17, 15) is 13.2 Å². The molecule has 1 aromatic heterocycles. The van der Waals surface area contributed by atoms with E-state index in [1.165, 1.54) is 12.1 Å². The lowest BCUT2D eigenvalue weighted by molar-refractivity contribution is -0.136. The zero-order chi connectivity index (χ0) is 15.6. The Morgan fingerprint density at radius 2 is 1.81 bits per heavy atom. The first-order valence-electron chi connectivity index (χ1n) is 6.19. The number of hydrogen-bond donors (Lipinski definition) is 2. The third-order valence-corrected chi connectivity index (χ3v) is 5.87. The summed E-state index contributed by atoms with van der Waals surface area (Å²) in [6.07, 6.45) is -0.177. The first-order chi connectivity index (χ1) is 9.79. The fourth-order valence-electron chi connectivity index (χ4n) is 1.91. The Morgan fingerprint density at radius 3 is 2.38 bits per heavy atom. The van der Waals surface area contributed by atoms with Crippen molar-refractivity contribution in [3.05, 3.63) is 46.3 Å². The van der Waals surface area contributed by atoms with Crippen molar-refractivity contribution >= 4 is 33.0 Å². The molecule has 5 nitrogen and oxygen atoms in total. The van der Waals surface area contributed by atoms with Gasteiger partial charge in [0.1, 0.15) is 4.21 Å². The summed E-state index contributed by atoms with van der Waals surface area (Å²) >= 11 is 0.968. The Bertz CT molecular complexity index is 758. The number of carboxylic acids is 1. The van der Waals surface area contributed by atoms with Gasteiger partial charge in [-0.1, -0.05) is 18.2 Å². The van der Waals surface area contributed by atoms with Crippen molar-refractivity contribution in [1.29, 1.82) is 0 Å². The third kappa shape index (κ3) is 3.62. The fourth-order valence-corrected chi connectivity index (χ4v) is 4.46. The molecule has 0 saturated carbocycles. The third-order valence-electron chi connectivity index (χ3n) is 2.94. The molecule has 0 atom stereocenters. The Labute approximate surface area is 127 Å². The molecule has 2 rings (SSSR count). The number of aryl methyl sites for hydroxylation is 2. The van der Waals surface area contributed by atoms with Crippen LogP contribution in [0.5, 0.6) is 0 Å². The van der Waals surface area contributed by atoms with Gasteiger partial charge in [0.05, 0.1) is 12.1 Å². The second kappa shape index (κ2) is 5.87. The molecular formula is C14H15NO4S2. The molecule has 1 aromatic carbocycles. The highest BCUT2D eigenvalue weighted by Gasteiger charge is 2.19. The highest BCUT2D eigenvalue weighted by atomic mass is 32.2. The molecule has 2 aromatic rings. The summed E-state index contributed by atoms with van der Waals surface area (Å²) in [5, 5.41) is 8.73. The molecule has 7 heteroatoms. The van der Waals surface area contributed by atoms with Crippen LogP contribution < -0.4 is 4.72 Å². The van der Waals surface area contributed by atoms with Crippen LogP contribution in [0.25, 0.3) is 0 Å². The molecule has 0 bridgehead atoms. The lowest BCUT2D eigenvalue weighted by atomic mass is 10.1. The molecule has 0 aliphatic carbocycles. The van der Waals surface area contributed by atoms with Gasteiger partial charge in [-0.3, -0.25) is 9.52 Å². The number of para-hydroxylation sites is 1. The van der Waals surface area contributed by atoms with Crippen LogP contribution in [0, 0.1) is 13.8 Å². The first-order valence-corrected chi connectivity index (χ1v) is 8.49. The van der Waals surface area contributed by atoms with Gasteiger partial charge in [-0.15, -0.1) is 11.3 Å². The van der Waals surface area contributed by atoms with Crippen LogP contribution in [0.1, 0.15) is 16.0 Å². The van der Waals surface area contributed by atoms with Gasteiger partial charge < -0.3 is 5.11 Å². The van der Waals surface area contributed by atoms with E-state index in [-0.39, 0.29) is 10.6 Å². The molecule has 1 heterocycles. The number of aliphatic carboxylic acids is 1. The largest absolute Gasteiger partial charge is 0.481 e. The van der Waals surface area contributed by atoms with Gasteiger partial charge in [0.2, 0.25) is 0 Å². The van der Waals surface area contributed by atoms with Crippen LogP contribution in [0.4, 0.5) is 5.69 Å². The molecule has 0 saturated heterocycles. The second-order valence-corrected chi connectivity index (χ2v) is 7.74. The smallest absolute Gasteiger partial charge is 0.308 e. The molecule has 0 radical (unpaired) electrons. The van der Waals surface area contributed by atoms with Crippen molar-refractivity contribution in [2.45, 2.75) is 24.5 Å². The molecule has 0 spiro atoms. The molecule has 0 fully saturated rings. The molecule has 0 amide bonds. The summed E-state index contributed by atoms with van der Waals surface area (Å²) in [6, 6.07) is 8.47. The molecule has 112 valence electrons. The maximum Gasteiger partial charge on any atom is 0.308 e. The lowest BCUT2D eigenvalue weighted by Crippen LogP contribution is -2.13.